The van der Waals surface area contributed by atoms with Crippen molar-refractivity contribution in [3.8, 4) is 5.75 Å². The van der Waals surface area contributed by atoms with Gasteiger partial charge in [-0.2, -0.15) is 0 Å². The number of carbonyl (C=O) groups is 2. The maximum Gasteiger partial charge on any atom is 0.242 e. The number of carbonyl (C=O) groups excluding carboxylic acids is 2. The Labute approximate surface area is 169 Å². The molecule has 6 nitrogen and oxygen atoms in total. The van der Waals surface area contributed by atoms with Crippen molar-refractivity contribution in [2.45, 2.75) is 25.0 Å². The summed E-state index contributed by atoms with van der Waals surface area (Å²) in [6.07, 6.45) is 1.03. The molecule has 0 spiro atoms. The van der Waals surface area contributed by atoms with Gasteiger partial charge in [0.25, 0.3) is 0 Å². The fourth-order valence-corrected chi connectivity index (χ4v) is 3.80. The molecule has 1 N–H and O–H groups in total. The van der Waals surface area contributed by atoms with Gasteiger partial charge in [-0.3, -0.25) is 14.5 Å². The van der Waals surface area contributed by atoms with Crippen LogP contribution in [0.1, 0.15) is 19.8 Å². The van der Waals surface area contributed by atoms with Crippen molar-refractivity contribution < 1.29 is 14.3 Å². The molecule has 1 saturated heterocycles. The lowest BCUT2D eigenvalue weighted by atomic mass is 10.2. The van der Waals surface area contributed by atoms with Gasteiger partial charge in [-0.15, -0.1) is 0 Å². The summed E-state index contributed by atoms with van der Waals surface area (Å²) >= 11 is 1.32. The number of anilines is 1. The maximum atomic E-state index is 12.5. The van der Waals surface area contributed by atoms with Gasteiger partial charge >= 0.3 is 0 Å². The van der Waals surface area contributed by atoms with Crippen LogP contribution < -0.4 is 10.1 Å². The van der Waals surface area contributed by atoms with Gasteiger partial charge < -0.3 is 10.1 Å². The number of hydrogen-bond donors (Lipinski definition) is 1. The molecule has 2 amide bonds. The van der Waals surface area contributed by atoms with Gasteiger partial charge in [0.1, 0.15) is 11.0 Å². The Bertz CT molecular complexity index is 853. The lowest BCUT2D eigenvalue weighted by molar-refractivity contribution is -0.127. The SMILES string of the molecule is CCCOc1ccc(NC(=O)CC2SC(=Nc3ccccc3)N(C)C2=O)cc1. The van der Waals surface area contributed by atoms with Gasteiger partial charge in [0, 0.05) is 19.2 Å². The molecule has 28 heavy (non-hydrogen) atoms. The van der Waals surface area contributed by atoms with Crippen molar-refractivity contribution in [1.82, 2.24) is 4.90 Å². The number of ether oxygens (including phenoxy) is 1. The predicted molar refractivity (Wildman–Crippen MR) is 113 cm³/mol. The van der Waals surface area contributed by atoms with Gasteiger partial charge in [-0.05, 0) is 42.8 Å². The van der Waals surface area contributed by atoms with Crippen LogP contribution in [0.5, 0.6) is 5.75 Å². The number of thioether (sulfide) groups is 1. The summed E-state index contributed by atoms with van der Waals surface area (Å²) in [6.45, 7) is 2.71. The molecule has 1 fully saturated rings. The lowest BCUT2D eigenvalue weighted by Crippen LogP contribution is -2.30. The molecule has 3 rings (SSSR count). The number of hydrogen-bond acceptors (Lipinski definition) is 5. The van der Waals surface area contributed by atoms with Crippen molar-refractivity contribution in [2.24, 2.45) is 4.99 Å². The molecule has 0 bridgehead atoms. The number of benzene rings is 2. The van der Waals surface area contributed by atoms with E-state index >= 15 is 0 Å². The van der Waals surface area contributed by atoms with E-state index in [-0.39, 0.29) is 18.2 Å². The molecule has 1 aliphatic heterocycles. The molecule has 1 heterocycles. The summed E-state index contributed by atoms with van der Waals surface area (Å²) < 4.78 is 5.53. The normalized spacial score (nSPS) is 17.8. The van der Waals surface area contributed by atoms with E-state index in [9.17, 15) is 9.59 Å². The van der Waals surface area contributed by atoms with Crippen LogP contribution >= 0.6 is 11.8 Å². The zero-order valence-corrected chi connectivity index (χ0v) is 16.7. The largest absolute Gasteiger partial charge is 0.494 e. The van der Waals surface area contributed by atoms with Crippen LogP contribution in [0.2, 0.25) is 0 Å². The second-order valence-electron chi connectivity index (χ2n) is 6.36. The second-order valence-corrected chi connectivity index (χ2v) is 7.53. The summed E-state index contributed by atoms with van der Waals surface area (Å²) in [4.78, 5) is 30.9. The molecule has 0 aromatic heterocycles. The van der Waals surface area contributed by atoms with Crippen LogP contribution in [0.15, 0.2) is 59.6 Å². The van der Waals surface area contributed by atoms with E-state index in [1.807, 2.05) is 49.4 Å². The van der Waals surface area contributed by atoms with Gasteiger partial charge in [-0.25, -0.2) is 4.99 Å². The fraction of sp³-hybridized carbons (Fsp3) is 0.286. The zero-order valence-electron chi connectivity index (χ0n) is 15.9. The Hall–Kier alpha value is -2.80. The summed E-state index contributed by atoms with van der Waals surface area (Å²) in [5.41, 5.74) is 1.45. The fourth-order valence-electron chi connectivity index (χ4n) is 2.65. The lowest BCUT2D eigenvalue weighted by Gasteiger charge is -2.10. The zero-order chi connectivity index (χ0) is 19.9. The monoisotopic (exact) mass is 397 g/mol. The second kappa shape index (κ2) is 9.41. The number of para-hydroxylation sites is 1. The highest BCUT2D eigenvalue weighted by Crippen LogP contribution is 2.30. The van der Waals surface area contributed by atoms with E-state index in [4.69, 9.17) is 4.74 Å². The maximum absolute atomic E-state index is 12.5. The molecule has 7 heteroatoms. The minimum atomic E-state index is -0.473. The van der Waals surface area contributed by atoms with E-state index in [1.54, 1.807) is 19.2 Å². The average molecular weight is 398 g/mol. The third-order valence-electron chi connectivity index (χ3n) is 4.10. The standard InChI is InChI=1S/C21H23N3O3S/c1-3-13-27-17-11-9-16(10-12-17)22-19(25)14-18-20(26)24(2)21(28-18)23-15-7-5-4-6-8-15/h4-12,18H,3,13-14H2,1-2H3,(H,22,25). The predicted octanol–water partition coefficient (Wildman–Crippen LogP) is 4.07. The average Bonchev–Trinajstić information content (AvgIpc) is 2.96. The molecule has 2 aromatic carbocycles. The van der Waals surface area contributed by atoms with Crippen LogP contribution in [0.3, 0.4) is 0 Å². The van der Waals surface area contributed by atoms with E-state index in [0.717, 1.165) is 17.9 Å². The Morgan fingerprint density at radius 2 is 1.89 bits per heavy atom. The first-order valence-corrected chi connectivity index (χ1v) is 10.1. The van der Waals surface area contributed by atoms with E-state index in [2.05, 4.69) is 10.3 Å². The first-order valence-electron chi connectivity index (χ1n) is 9.17. The van der Waals surface area contributed by atoms with Gasteiger partial charge in [-0.1, -0.05) is 36.9 Å². The number of aliphatic imine (C=N–C) groups is 1. The molecule has 0 aliphatic carbocycles. The summed E-state index contributed by atoms with van der Waals surface area (Å²) in [5.74, 6) is 0.449. The Morgan fingerprint density at radius 3 is 2.57 bits per heavy atom. The van der Waals surface area contributed by atoms with Crippen molar-refractivity contribution in [3.05, 3.63) is 54.6 Å². The van der Waals surface area contributed by atoms with Gasteiger partial charge in [0.15, 0.2) is 5.17 Å². The molecular formula is C21H23N3O3S. The number of amidine groups is 1. The summed E-state index contributed by atoms with van der Waals surface area (Å²) in [7, 11) is 1.68. The Morgan fingerprint density at radius 1 is 1.18 bits per heavy atom. The van der Waals surface area contributed by atoms with Crippen LogP contribution in [0, 0.1) is 0 Å². The van der Waals surface area contributed by atoms with Crippen LogP contribution in [0.25, 0.3) is 0 Å². The topological polar surface area (TPSA) is 71.0 Å². The van der Waals surface area contributed by atoms with Crippen LogP contribution in [-0.4, -0.2) is 40.8 Å². The first-order chi connectivity index (χ1) is 13.6. The molecule has 0 radical (unpaired) electrons. The van der Waals surface area contributed by atoms with Crippen molar-refractivity contribution in [2.75, 3.05) is 19.0 Å². The summed E-state index contributed by atoms with van der Waals surface area (Å²) in [5, 5.41) is 2.96. The molecule has 1 unspecified atom stereocenters. The number of nitrogens with zero attached hydrogens (tertiary/aromatic N) is 2. The number of rotatable bonds is 7. The molecule has 0 saturated carbocycles. The Balaban J connectivity index is 1.58. The number of nitrogens with one attached hydrogen (secondary N) is 1. The van der Waals surface area contributed by atoms with Crippen LogP contribution in [0.4, 0.5) is 11.4 Å². The third kappa shape index (κ3) is 5.13. The minimum Gasteiger partial charge on any atom is -0.494 e. The quantitative estimate of drug-likeness (QED) is 0.765. The highest BCUT2D eigenvalue weighted by molar-refractivity contribution is 8.15. The Kier molecular flexibility index (Phi) is 6.71. The molecule has 146 valence electrons. The first kappa shape index (κ1) is 19.9. The molecule has 1 atom stereocenters. The number of amides is 2. The van der Waals surface area contributed by atoms with Crippen molar-refractivity contribution in [3.63, 3.8) is 0 Å². The molecule has 1 aliphatic rings. The van der Waals surface area contributed by atoms with E-state index < -0.39 is 5.25 Å². The van der Waals surface area contributed by atoms with Crippen molar-refractivity contribution in [1.29, 1.82) is 0 Å². The van der Waals surface area contributed by atoms with E-state index in [1.165, 1.54) is 16.7 Å². The van der Waals surface area contributed by atoms with Crippen LogP contribution in [-0.2, 0) is 9.59 Å². The smallest absolute Gasteiger partial charge is 0.242 e. The molecule has 2 aromatic rings. The van der Waals surface area contributed by atoms with E-state index in [0.29, 0.717) is 17.5 Å². The van der Waals surface area contributed by atoms with Gasteiger partial charge in [0.05, 0.1) is 12.3 Å². The third-order valence-corrected chi connectivity index (χ3v) is 5.33. The highest BCUT2D eigenvalue weighted by Gasteiger charge is 2.36. The van der Waals surface area contributed by atoms with Crippen molar-refractivity contribution >= 4 is 40.1 Å². The minimum absolute atomic E-state index is 0.0930. The van der Waals surface area contributed by atoms with Gasteiger partial charge in [0.2, 0.25) is 11.8 Å². The molecular weight excluding hydrogens is 374 g/mol. The summed E-state index contributed by atoms with van der Waals surface area (Å²) in [6, 6.07) is 16.7. The highest BCUT2D eigenvalue weighted by atomic mass is 32.2.